The largest absolute Gasteiger partial charge is 0.353 e. The van der Waals surface area contributed by atoms with Gasteiger partial charge < -0.3 is 15.1 Å². The van der Waals surface area contributed by atoms with Crippen molar-refractivity contribution in [1.29, 1.82) is 0 Å². The van der Waals surface area contributed by atoms with E-state index in [9.17, 15) is 9.59 Å². The van der Waals surface area contributed by atoms with Crippen molar-refractivity contribution in [3.63, 3.8) is 0 Å². The Bertz CT molecular complexity index is 1050. The van der Waals surface area contributed by atoms with E-state index >= 15 is 0 Å². The predicted octanol–water partition coefficient (Wildman–Crippen LogP) is 1.58. The van der Waals surface area contributed by atoms with Crippen LogP contribution in [0.1, 0.15) is 33.9 Å². The van der Waals surface area contributed by atoms with Crippen LogP contribution in [0.5, 0.6) is 0 Å². The summed E-state index contributed by atoms with van der Waals surface area (Å²) in [6.07, 6.45) is 5.56. The maximum absolute atomic E-state index is 13.2. The van der Waals surface area contributed by atoms with Gasteiger partial charge in [0.05, 0.1) is 5.52 Å². The van der Waals surface area contributed by atoms with Crippen molar-refractivity contribution in [2.45, 2.75) is 18.9 Å². The number of pyridine rings is 2. The van der Waals surface area contributed by atoms with Crippen LogP contribution in [-0.4, -0.2) is 63.3 Å². The second-order valence-corrected chi connectivity index (χ2v) is 7.45. The molecular weight excluding hydrogens is 368 g/mol. The first-order valence-electron chi connectivity index (χ1n) is 9.94. The van der Waals surface area contributed by atoms with Gasteiger partial charge in [0.2, 0.25) is 5.82 Å². The zero-order valence-electron chi connectivity index (χ0n) is 16.0. The van der Waals surface area contributed by atoms with Crippen molar-refractivity contribution in [2.24, 2.45) is 0 Å². The lowest BCUT2D eigenvalue weighted by molar-refractivity contribution is 0.0743. The Hall–Kier alpha value is -3.42. The fourth-order valence-electron chi connectivity index (χ4n) is 3.66. The zero-order chi connectivity index (χ0) is 19.8. The average molecular weight is 390 g/mol. The highest BCUT2D eigenvalue weighted by Crippen LogP contribution is 2.21. The van der Waals surface area contributed by atoms with Crippen LogP contribution in [0, 0.1) is 0 Å². The summed E-state index contributed by atoms with van der Waals surface area (Å²) in [7, 11) is 0. The number of nitrogens with zero attached hydrogens (tertiary/aromatic N) is 5. The van der Waals surface area contributed by atoms with E-state index in [2.05, 4.69) is 20.2 Å². The molecule has 148 valence electrons. The van der Waals surface area contributed by atoms with Crippen LogP contribution in [-0.2, 0) is 0 Å². The summed E-state index contributed by atoms with van der Waals surface area (Å²) in [5.41, 5.74) is 0.989. The normalized spacial score (nSPS) is 16.8. The molecule has 0 bridgehead atoms. The molecule has 29 heavy (non-hydrogen) atoms. The van der Waals surface area contributed by atoms with E-state index in [0.717, 1.165) is 18.7 Å². The number of piperazine rings is 1. The van der Waals surface area contributed by atoms with Crippen molar-refractivity contribution >= 4 is 23.1 Å². The Morgan fingerprint density at radius 1 is 1.00 bits per heavy atom. The minimum Gasteiger partial charge on any atom is -0.353 e. The lowest BCUT2D eigenvalue weighted by atomic mass is 10.2. The van der Waals surface area contributed by atoms with Gasteiger partial charge in [-0.15, -0.1) is 0 Å². The molecule has 0 aromatic carbocycles. The van der Waals surface area contributed by atoms with Crippen LogP contribution in [0.25, 0.3) is 5.52 Å². The number of hydrogen-bond donors (Lipinski definition) is 1. The van der Waals surface area contributed by atoms with Gasteiger partial charge >= 0.3 is 0 Å². The van der Waals surface area contributed by atoms with Crippen LogP contribution in [0.4, 0.5) is 5.82 Å². The first-order valence-corrected chi connectivity index (χ1v) is 9.94. The Labute approximate surface area is 168 Å². The number of amides is 2. The SMILES string of the molecule is O=C(NC1CC1)c1nc(C(=O)N2CCN(c3ccccn3)CC2)c2ccccn12. The molecule has 0 radical (unpaired) electrons. The first kappa shape index (κ1) is 17.7. The quantitative estimate of drug-likeness (QED) is 0.731. The number of aromatic nitrogens is 3. The maximum atomic E-state index is 13.2. The molecule has 2 amide bonds. The van der Waals surface area contributed by atoms with Gasteiger partial charge in [-0.1, -0.05) is 12.1 Å². The van der Waals surface area contributed by atoms with Gasteiger partial charge in [-0.05, 0) is 37.1 Å². The van der Waals surface area contributed by atoms with Crippen molar-refractivity contribution in [2.75, 3.05) is 31.1 Å². The molecule has 1 aliphatic carbocycles. The van der Waals surface area contributed by atoms with Gasteiger partial charge in [0.15, 0.2) is 5.69 Å². The molecule has 4 heterocycles. The van der Waals surface area contributed by atoms with Crippen molar-refractivity contribution in [3.8, 4) is 0 Å². The van der Waals surface area contributed by atoms with Crippen LogP contribution in [0.2, 0.25) is 0 Å². The molecule has 0 unspecified atom stereocenters. The van der Waals surface area contributed by atoms with E-state index < -0.39 is 0 Å². The number of fused-ring (bicyclic) bond motifs is 1. The topological polar surface area (TPSA) is 82.8 Å². The van der Waals surface area contributed by atoms with E-state index in [-0.39, 0.29) is 23.7 Å². The summed E-state index contributed by atoms with van der Waals surface area (Å²) in [5, 5.41) is 2.96. The van der Waals surface area contributed by atoms with Gasteiger partial charge in [0.25, 0.3) is 11.8 Å². The smallest absolute Gasteiger partial charge is 0.287 e. The Morgan fingerprint density at radius 3 is 2.52 bits per heavy atom. The van der Waals surface area contributed by atoms with Gasteiger partial charge in [0.1, 0.15) is 5.82 Å². The molecule has 8 heteroatoms. The molecule has 8 nitrogen and oxygen atoms in total. The van der Waals surface area contributed by atoms with Gasteiger partial charge in [-0.25, -0.2) is 9.97 Å². The number of carbonyl (C=O) groups excluding carboxylic acids is 2. The van der Waals surface area contributed by atoms with E-state index in [0.29, 0.717) is 37.4 Å². The van der Waals surface area contributed by atoms with E-state index in [4.69, 9.17) is 0 Å². The first-order chi connectivity index (χ1) is 14.2. The van der Waals surface area contributed by atoms with E-state index in [1.807, 2.05) is 36.4 Å². The number of rotatable bonds is 4. The molecule has 5 rings (SSSR count). The molecule has 2 aliphatic rings. The lowest BCUT2D eigenvalue weighted by Gasteiger charge is -2.35. The average Bonchev–Trinajstić information content (AvgIpc) is 3.50. The highest BCUT2D eigenvalue weighted by atomic mass is 16.2. The van der Waals surface area contributed by atoms with Crippen LogP contribution in [0.3, 0.4) is 0 Å². The zero-order valence-corrected chi connectivity index (χ0v) is 16.0. The van der Waals surface area contributed by atoms with Crippen molar-refractivity contribution in [1.82, 2.24) is 24.6 Å². The van der Waals surface area contributed by atoms with Crippen molar-refractivity contribution in [3.05, 3.63) is 60.3 Å². The Balaban J connectivity index is 1.37. The third-order valence-corrected chi connectivity index (χ3v) is 5.41. The minimum absolute atomic E-state index is 0.139. The number of nitrogens with one attached hydrogen (secondary N) is 1. The lowest BCUT2D eigenvalue weighted by Crippen LogP contribution is -2.49. The number of anilines is 1. The predicted molar refractivity (Wildman–Crippen MR) is 108 cm³/mol. The monoisotopic (exact) mass is 390 g/mol. The standard InChI is InChI=1S/C21H22N6O2/c28-20(23-15-7-8-15)19-24-18(16-5-2-4-10-27(16)19)21(29)26-13-11-25(12-14-26)17-6-1-3-9-22-17/h1-6,9-10,15H,7-8,11-14H2,(H,23,28). The Kier molecular flexibility index (Phi) is 4.38. The summed E-state index contributed by atoms with van der Waals surface area (Å²) in [4.78, 5) is 38.6. The van der Waals surface area contributed by atoms with Crippen molar-refractivity contribution < 1.29 is 9.59 Å². The molecule has 2 fully saturated rings. The summed E-state index contributed by atoms with van der Waals surface area (Å²) < 4.78 is 1.70. The summed E-state index contributed by atoms with van der Waals surface area (Å²) in [6, 6.07) is 11.6. The molecular formula is C21H22N6O2. The molecule has 1 N–H and O–H groups in total. The molecule has 0 spiro atoms. The second-order valence-electron chi connectivity index (χ2n) is 7.45. The summed E-state index contributed by atoms with van der Waals surface area (Å²) in [6.45, 7) is 2.60. The Morgan fingerprint density at radius 2 is 1.79 bits per heavy atom. The minimum atomic E-state index is -0.229. The fraction of sp³-hybridized carbons (Fsp3) is 0.333. The summed E-state index contributed by atoms with van der Waals surface area (Å²) in [5.74, 6) is 0.821. The van der Waals surface area contributed by atoms with E-state index in [1.54, 1.807) is 21.7 Å². The summed E-state index contributed by atoms with van der Waals surface area (Å²) >= 11 is 0. The fourth-order valence-corrected chi connectivity index (χ4v) is 3.66. The third-order valence-electron chi connectivity index (χ3n) is 5.41. The molecule has 1 saturated heterocycles. The van der Waals surface area contributed by atoms with Crippen LogP contribution < -0.4 is 10.2 Å². The number of carbonyl (C=O) groups is 2. The van der Waals surface area contributed by atoms with Gasteiger partial charge in [0, 0.05) is 44.6 Å². The van der Waals surface area contributed by atoms with Gasteiger partial charge in [-0.2, -0.15) is 0 Å². The van der Waals surface area contributed by atoms with Crippen LogP contribution in [0.15, 0.2) is 48.8 Å². The van der Waals surface area contributed by atoms with Gasteiger partial charge in [-0.3, -0.25) is 14.0 Å². The van der Waals surface area contributed by atoms with E-state index in [1.165, 1.54) is 0 Å². The molecule has 1 saturated carbocycles. The second kappa shape index (κ2) is 7.20. The number of imidazole rings is 1. The molecule has 3 aromatic rings. The highest BCUT2D eigenvalue weighted by molar-refractivity contribution is 6.02. The molecule has 0 atom stereocenters. The maximum Gasteiger partial charge on any atom is 0.287 e. The molecule has 3 aromatic heterocycles. The molecule has 1 aliphatic heterocycles. The third kappa shape index (κ3) is 3.41. The van der Waals surface area contributed by atoms with Crippen LogP contribution >= 0.6 is 0 Å². The highest BCUT2D eigenvalue weighted by Gasteiger charge is 2.30. The number of hydrogen-bond acceptors (Lipinski definition) is 5.